The van der Waals surface area contributed by atoms with E-state index in [0.717, 1.165) is 13.1 Å². The Labute approximate surface area is 175 Å². The molecule has 7 nitrogen and oxygen atoms in total. The van der Waals surface area contributed by atoms with Gasteiger partial charge >= 0.3 is 12.0 Å². The van der Waals surface area contributed by atoms with Crippen molar-refractivity contribution in [3.63, 3.8) is 0 Å². The highest BCUT2D eigenvalue weighted by Crippen LogP contribution is 2.35. The Hall–Kier alpha value is -2.35. The summed E-state index contributed by atoms with van der Waals surface area (Å²) in [5.41, 5.74) is 1.66. The van der Waals surface area contributed by atoms with E-state index in [1.165, 1.54) is 0 Å². The summed E-state index contributed by atoms with van der Waals surface area (Å²) in [6.45, 7) is 9.13. The van der Waals surface area contributed by atoms with Crippen LogP contribution in [0.15, 0.2) is 48.2 Å². The number of urea groups is 1. The second-order valence-electron chi connectivity index (χ2n) is 6.77. The quantitative estimate of drug-likeness (QED) is 0.543. The Morgan fingerprint density at radius 1 is 1.38 bits per heavy atom. The number of morpholine rings is 1. The van der Waals surface area contributed by atoms with Crippen LogP contribution in [0.25, 0.3) is 0 Å². The third kappa shape index (κ3) is 4.80. The van der Waals surface area contributed by atoms with Crippen molar-refractivity contribution in [2.45, 2.75) is 13.0 Å². The minimum atomic E-state index is -0.688. The fraction of sp³-hybridized carbons (Fsp3) is 0.429. The number of ether oxygens (including phenoxy) is 2. The average Bonchev–Trinajstić information content (AvgIpc) is 2.71. The molecular formula is C21H26ClN3O4. The number of carbonyl (C=O) groups is 2. The van der Waals surface area contributed by atoms with Crippen molar-refractivity contribution in [3.05, 3.63) is 58.8 Å². The van der Waals surface area contributed by atoms with E-state index in [9.17, 15) is 9.59 Å². The van der Waals surface area contributed by atoms with Crippen LogP contribution in [-0.2, 0) is 14.3 Å². The number of hydrogen-bond donors (Lipinski definition) is 1. The molecule has 0 aromatic heterocycles. The van der Waals surface area contributed by atoms with Crippen LogP contribution in [0.4, 0.5) is 4.79 Å². The fourth-order valence-electron chi connectivity index (χ4n) is 3.56. The minimum Gasteiger partial charge on any atom is -0.463 e. The summed E-state index contributed by atoms with van der Waals surface area (Å²) < 4.78 is 10.8. The monoisotopic (exact) mass is 419 g/mol. The third-order valence-electron chi connectivity index (χ3n) is 4.94. The van der Waals surface area contributed by atoms with Crippen molar-refractivity contribution in [3.8, 4) is 0 Å². The van der Waals surface area contributed by atoms with Crippen LogP contribution in [-0.4, -0.2) is 67.8 Å². The largest absolute Gasteiger partial charge is 0.463 e. The van der Waals surface area contributed by atoms with E-state index in [0.29, 0.717) is 41.6 Å². The second kappa shape index (κ2) is 9.91. The zero-order valence-corrected chi connectivity index (χ0v) is 17.3. The number of nitrogens with one attached hydrogen (secondary N) is 1. The van der Waals surface area contributed by atoms with Gasteiger partial charge in [0, 0.05) is 36.9 Å². The molecule has 2 heterocycles. The lowest BCUT2D eigenvalue weighted by Crippen LogP contribution is -2.51. The molecule has 0 saturated carbocycles. The van der Waals surface area contributed by atoms with Crippen LogP contribution in [0.1, 0.15) is 18.5 Å². The number of nitrogens with zero attached hydrogens (tertiary/aromatic N) is 2. The molecule has 0 bridgehead atoms. The molecule has 156 valence electrons. The van der Waals surface area contributed by atoms with Crippen LogP contribution in [0.5, 0.6) is 0 Å². The van der Waals surface area contributed by atoms with Crippen LogP contribution >= 0.6 is 11.6 Å². The number of carbonyl (C=O) groups excluding carboxylic acids is 2. The van der Waals surface area contributed by atoms with E-state index < -0.39 is 12.0 Å². The van der Waals surface area contributed by atoms with Gasteiger partial charge < -0.3 is 14.8 Å². The molecule has 8 heteroatoms. The highest BCUT2D eigenvalue weighted by molar-refractivity contribution is 6.31. The van der Waals surface area contributed by atoms with Gasteiger partial charge in [-0.1, -0.05) is 35.9 Å². The molecule has 1 aromatic rings. The van der Waals surface area contributed by atoms with Gasteiger partial charge in [0.2, 0.25) is 0 Å². The highest BCUT2D eigenvalue weighted by atomic mass is 35.5. The van der Waals surface area contributed by atoms with E-state index in [4.69, 9.17) is 21.1 Å². The maximum absolute atomic E-state index is 13.0. The normalized spacial score (nSPS) is 20.4. The molecule has 2 amide bonds. The summed E-state index contributed by atoms with van der Waals surface area (Å²) >= 11 is 6.41. The lowest BCUT2D eigenvalue weighted by Gasteiger charge is -2.39. The van der Waals surface area contributed by atoms with Gasteiger partial charge in [0.15, 0.2) is 0 Å². The van der Waals surface area contributed by atoms with E-state index >= 15 is 0 Å². The van der Waals surface area contributed by atoms with E-state index in [1.807, 2.05) is 18.2 Å². The summed E-state index contributed by atoms with van der Waals surface area (Å²) in [5, 5.41) is 3.39. The highest BCUT2D eigenvalue weighted by Gasteiger charge is 2.39. The molecule has 0 unspecified atom stereocenters. The molecule has 1 atom stereocenters. The smallest absolute Gasteiger partial charge is 0.338 e. The standard InChI is InChI=1S/C21H26ClN3O4/c1-3-9-25-17(14-24-10-12-28-13-11-24)18(20(26)29-4-2)19(23-21(25)27)15-7-5-6-8-16(15)22/h3,5-8,19H,1,4,9-14H2,2H3,(H,23,27)/t19-/m0/s1. The molecule has 1 fully saturated rings. The number of benzene rings is 1. The van der Waals surface area contributed by atoms with Gasteiger partial charge in [-0.2, -0.15) is 0 Å². The van der Waals surface area contributed by atoms with Crippen molar-refractivity contribution >= 4 is 23.6 Å². The molecule has 0 radical (unpaired) electrons. The summed E-state index contributed by atoms with van der Waals surface area (Å²) in [5.74, 6) is -0.463. The number of rotatable bonds is 7. The molecule has 1 N–H and O–H groups in total. The number of amides is 2. The van der Waals surface area contributed by atoms with E-state index in [-0.39, 0.29) is 19.2 Å². The maximum Gasteiger partial charge on any atom is 0.338 e. The van der Waals surface area contributed by atoms with Crippen LogP contribution in [0.3, 0.4) is 0 Å². The van der Waals surface area contributed by atoms with Gasteiger partial charge in [0.05, 0.1) is 31.4 Å². The van der Waals surface area contributed by atoms with Gasteiger partial charge in [-0.15, -0.1) is 6.58 Å². The second-order valence-corrected chi connectivity index (χ2v) is 7.18. The molecule has 0 aliphatic carbocycles. The van der Waals surface area contributed by atoms with Crippen molar-refractivity contribution in [1.82, 2.24) is 15.1 Å². The molecule has 2 aliphatic heterocycles. The molecule has 3 rings (SSSR count). The summed E-state index contributed by atoms with van der Waals surface area (Å²) in [4.78, 5) is 29.7. The van der Waals surface area contributed by atoms with Crippen molar-refractivity contribution in [1.29, 1.82) is 0 Å². The molecule has 1 aromatic carbocycles. The molecule has 0 spiro atoms. The summed E-state index contributed by atoms with van der Waals surface area (Å²) in [6, 6.07) is 6.20. The van der Waals surface area contributed by atoms with E-state index in [2.05, 4.69) is 16.8 Å². The lowest BCUT2D eigenvalue weighted by atomic mass is 9.94. The first-order valence-corrected chi connectivity index (χ1v) is 10.1. The topological polar surface area (TPSA) is 71.1 Å². The Bertz CT molecular complexity index is 805. The molecule has 29 heavy (non-hydrogen) atoms. The molecule has 1 saturated heterocycles. The van der Waals surface area contributed by atoms with E-state index in [1.54, 1.807) is 24.0 Å². The predicted molar refractivity (Wildman–Crippen MR) is 111 cm³/mol. The summed E-state index contributed by atoms with van der Waals surface area (Å²) in [6.07, 6.45) is 1.64. The Kier molecular flexibility index (Phi) is 7.30. The van der Waals surface area contributed by atoms with Crippen LogP contribution in [0.2, 0.25) is 5.02 Å². The zero-order chi connectivity index (χ0) is 20.8. The number of halogens is 1. The Morgan fingerprint density at radius 2 is 2.10 bits per heavy atom. The zero-order valence-electron chi connectivity index (χ0n) is 16.5. The third-order valence-corrected chi connectivity index (χ3v) is 5.28. The predicted octanol–water partition coefficient (Wildman–Crippen LogP) is 2.74. The van der Waals surface area contributed by atoms with Gasteiger partial charge in [0.1, 0.15) is 0 Å². The van der Waals surface area contributed by atoms with Gasteiger partial charge in [-0.25, -0.2) is 9.59 Å². The number of esters is 1. The van der Waals surface area contributed by atoms with Crippen LogP contribution < -0.4 is 5.32 Å². The Balaban J connectivity index is 2.11. The number of hydrogen-bond acceptors (Lipinski definition) is 5. The first-order chi connectivity index (χ1) is 14.1. The van der Waals surface area contributed by atoms with Gasteiger partial charge in [0.25, 0.3) is 0 Å². The molecule has 2 aliphatic rings. The van der Waals surface area contributed by atoms with Crippen LogP contribution in [0, 0.1) is 0 Å². The Morgan fingerprint density at radius 3 is 2.76 bits per heavy atom. The minimum absolute atomic E-state index is 0.234. The van der Waals surface area contributed by atoms with Crippen molar-refractivity contribution in [2.24, 2.45) is 0 Å². The van der Waals surface area contributed by atoms with Gasteiger partial charge in [-0.05, 0) is 18.6 Å². The van der Waals surface area contributed by atoms with Gasteiger partial charge in [-0.3, -0.25) is 9.80 Å². The SMILES string of the molecule is C=CCN1C(=O)N[C@@H](c2ccccc2Cl)C(C(=O)OCC)=C1CN1CCOCC1. The van der Waals surface area contributed by atoms with Crippen molar-refractivity contribution < 1.29 is 19.1 Å². The lowest BCUT2D eigenvalue weighted by molar-refractivity contribution is -0.139. The van der Waals surface area contributed by atoms with Crippen molar-refractivity contribution in [2.75, 3.05) is 46.0 Å². The average molecular weight is 420 g/mol. The first kappa shape index (κ1) is 21.4. The fourth-order valence-corrected chi connectivity index (χ4v) is 3.80. The first-order valence-electron chi connectivity index (χ1n) is 9.70. The molecular weight excluding hydrogens is 394 g/mol. The summed E-state index contributed by atoms with van der Waals surface area (Å²) in [7, 11) is 0. The maximum atomic E-state index is 13.0.